The van der Waals surface area contributed by atoms with Crippen molar-refractivity contribution in [3.63, 3.8) is 0 Å². The van der Waals surface area contributed by atoms with Crippen LogP contribution in [0.25, 0.3) is 0 Å². The number of epoxide rings is 1. The Hall–Kier alpha value is -0.780. The van der Waals surface area contributed by atoms with Gasteiger partial charge in [0.15, 0.2) is 0 Å². The van der Waals surface area contributed by atoms with Crippen molar-refractivity contribution in [1.82, 2.24) is 0 Å². The van der Waals surface area contributed by atoms with Crippen LogP contribution in [0.5, 0.6) is 0 Å². The number of benzene rings is 1. The van der Waals surface area contributed by atoms with Crippen LogP contribution < -0.4 is 0 Å². The Balaban J connectivity index is 2.26. The van der Waals surface area contributed by atoms with Gasteiger partial charge in [-0.3, -0.25) is 0 Å². The predicted molar refractivity (Wildman–Crippen MR) is 55.2 cm³/mol. The van der Waals surface area contributed by atoms with E-state index in [0.29, 0.717) is 6.42 Å². The number of halogens is 1. The minimum Gasteiger partial charge on any atom is -0.363 e. The molecule has 1 fully saturated rings. The Labute approximate surface area is 86.2 Å². The van der Waals surface area contributed by atoms with Crippen LogP contribution in [0.3, 0.4) is 0 Å². The highest BCUT2D eigenvalue weighted by Gasteiger charge is 2.45. The molecular weight excluding hydrogens is 228 g/mol. The molecule has 0 bridgehead atoms. The van der Waals surface area contributed by atoms with Crippen LogP contribution in [0.4, 0.5) is 0 Å². The van der Waals surface area contributed by atoms with E-state index in [1.54, 1.807) is 0 Å². The predicted octanol–water partition coefficient (Wildman–Crippen LogP) is 2.70. The Bertz CT molecular complexity index is 343. The van der Waals surface area contributed by atoms with E-state index in [-0.39, 0.29) is 5.60 Å². The number of hydrogen-bond donors (Lipinski definition) is 0. The summed E-state index contributed by atoms with van der Waals surface area (Å²) in [5.74, 6) is 2.65. The van der Waals surface area contributed by atoms with Gasteiger partial charge in [-0.15, -0.1) is 12.3 Å². The maximum Gasteiger partial charge on any atom is 0.127 e. The number of rotatable bonds is 2. The molecule has 0 spiro atoms. The molecule has 2 heteroatoms. The van der Waals surface area contributed by atoms with E-state index < -0.39 is 0 Å². The lowest BCUT2D eigenvalue weighted by molar-refractivity contribution is 0.313. The van der Waals surface area contributed by atoms with Crippen LogP contribution in [-0.2, 0) is 10.3 Å². The summed E-state index contributed by atoms with van der Waals surface area (Å²) in [5.41, 5.74) is 1.00. The molecule has 0 N–H and O–H groups in total. The average molecular weight is 237 g/mol. The van der Waals surface area contributed by atoms with Crippen molar-refractivity contribution in [3.05, 3.63) is 34.3 Å². The third-order valence-corrected chi connectivity index (χ3v) is 2.78. The van der Waals surface area contributed by atoms with E-state index in [4.69, 9.17) is 11.2 Å². The summed E-state index contributed by atoms with van der Waals surface area (Å²) in [6.07, 6.45) is 5.94. The van der Waals surface area contributed by atoms with Gasteiger partial charge in [-0.2, -0.15) is 0 Å². The van der Waals surface area contributed by atoms with Gasteiger partial charge in [0, 0.05) is 10.9 Å². The molecule has 1 heterocycles. The summed E-state index contributed by atoms with van der Waals surface area (Å²) in [6, 6.07) is 8.12. The molecule has 0 radical (unpaired) electrons. The smallest absolute Gasteiger partial charge is 0.127 e. The maximum atomic E-state index is 5.40. The van der Waals surface area contributed by atoms with Crippen LogP contribution in [-0.4, -0.2) is 6.61 Å². The van der Waals surface area contributed by atoms with Gasteiger partial charge in [-0.1, -0.05) is 28.1 Å². The summed E-state index contributed by atoms with van der Waals surface area (Å²) < 4.78 is 6.48. The molecule has 66 valence electrons. The van der Waals surface area contributed by atoms with E-state index in [1.807, 2.05) is 12.1 Å². The van der Waals surface area contributed by atoms with Crippen LogP contribution >= 0.6 is 15.9 Å². The molecule has 0 aromatic heterocycles. The van der Waals surface area contributed by atoms with Gasteiger partial charge in [-0.05, 0) is 17.7 Å². The Morgan fingerprint density at radius 1 is 1.46 bits per heavy atom. The molecule has 1 saturated heterocycles. The van der Waals surface area contributed by atoms with Crippen molar-refractivity contribution >= 4 is 15.9 Å². The Morgan fingerprint density at radius 2 is 2.08 bits per heavy atom. The molecule has 13 heavy (non-hydrogen) atoms. The van der Waals surface area contributed by atoms with E-state index in [1.165, 1.54) is 5.56 Å². The van der Waals surface area contributed by atoms with E-state index in [2.05, 4.69) is 34.0 Å². The monoisotopic (exact) mass is 236 g/mol. The van der Waals surface area contributed by atoms with Crippen molar-refractivity contribution in [2.24, 2.45) is 0 Å². The standard InChI is InChI=1S/C11H9BrO/c1-2-7-11(8-13-11)9-3-5-10(12)6-4-9/h1,3-6H,7-8H2. The van der Waals surface area contributed by atoms with E-state index in [0.717, 1.165) is 11.1 Å². The highest BCUT2D eigenvalue weighted by atomic mass is 79.9. The molecule has 0 amide bonds. The van der Waals surface area contributed by atoms with Crippen molar-refractivity contribution in [1.29, 1.82) is 0 Å². The molecule has 0 saturated carbocycles. The minimum atomic E-state index is -0.171. The van der Waals surface area contributed by atoms with E-state index >= 15 is 0 Å². The first-order chi connectivity index (χ1) is 6.27. The molecule has 2 rings (SSSR count). The zero-order valence-electron chi connectivity index (χ0n) is 7.09. The average Bonchev–Trinajstić information content (AvgIpc) is 2.87. The van der Waals surface area contributed by atoms with Gasteiger partial charge in [0.25, 0.3) is 0 Å². The fourth-order valence-corrected chi connectivity index (χ4v) is 1.64. The molecule has 0 aliphatic carbocycles. The lowest BCUT2D eigenvalue weighted by Crippen LogP contribution is -2.06. The van der Waals surface area contributed by atoms with Crippen molar-refractivity contribution in [2.45, 2.75) is 12.0 Å². The largest absolute Gasteiger partial charge is 0.363 e. The zero-order valence-corrected chi connectivity index (χ0v) is 8.67. The molecule has 1 unspecified atom stereocenters. The molecule has 1 aromatic rings. The normalized spacial score (nSPS) is 25.2. The number of hydrogen-bond acceptors (Lipinski definition) is 1. The zero-order chi connectivity index (χ0) is 9.31. The third kappa shape index (κ3) is 1.63. The second-order valence-corrected chi connectivity index (χ2v) is 4.09. The molecule has 1 nitrogen and oxygen atoms in total. The SMILES string of the molecule is C#CCC1(c2ccc(Br)cc2)CO1. The van der Waals surface area contributed by atoms with Gasteiger partial charge >= 0.3 is 0 Å². The molecular formula is C11H9BrO. The lowest BCUT2D eigenvalue weighted by atomic mass is 9.97. The van der Waals surface area contributed by atoms with Gasteiger partial charge in [0.2, 0.25) is 0 Å². The first kappa shape index (κ1) is 8.80. The van der Waals surface area contributed by atoms with Gasteiger partial charge in [0.05, 0.1) is 6.61 Å². The van der Waals surface area contributed by atoms with Crippen LogP contribution in [0.1, 0.15) is 12.0 Å². The van der Waals surface area contributed by atoms with Crippen LogP contribution in [0.2, 0.25) is 0 Å². The lowest BCUT2D eigenvalue weighted by Gasteiger charge is -2.07. The summed E-state index contributed by atoms with van der Waals surface area (Å²) in [5, 5.41) is 0. The third-order valence-electron chi connectivity index (χ3n) is 2.25. The van der Waals surface area contributed by atoms with Crippen molar-refractivity contribution in [3.8, 4) is 12.3 Å². The Kier molecular flexibility index (Phi) is 2.15. The first-order valence-electron chi connectivity index (χ1n) is 4.10. The molecule has 1 atom stereocenters. The van der Waals surface area contributed by atoms with Gasteiger partial charge in [0.1, 0.15) is 5.60 Å². The van der Waals surface area contributed by atoms with E-state index in [9.17, 15) is 0 Å². The summed E-state index contributed by atoms with van der Waals surface area (Å²) in [7, 11) is 0. The summed E-state index contributed by atoms with van der Waals surface area (Å²) >= 11 is 3.39. The minimum absolute atomic E-state index is 0.171. The molecule has 1 aliphatic heterocycles. The second-order valence-electron chi connectivity index (χ2n) is 3.17. The first-order valence-corrected chi connectivity index (χ1v) is 4.90. The fraction of sp³-hybridized carbons (Fsp3) is 0.273. The topological polar surface area (TPSA) is 12.5 Å². The number of terminal acetylenes is 1. The van der Waals surface area contributed by atoms with Crippen LogP contribution in [0.15, 0.2) is 28.7 Å². The quantitative estimate of drug-likeness (QED) is 0.569. The highest BCUT2D eigenvalue weighted by molar-refractivity contribution is 9.10. The molecule has 1 aromatic carbocycles. The van der Waals surface area contributed by atoms with Gasteiger partial charge < -0.3 is 4.74 Å². The van der Waals surface area contributed by atoms with Gasteiger partial charge in [-0.25, -0.2) is 0 Å². The summed E-state index contributed by atoms with van der Waals surface area (Å²) in [6.45, 7) is 0.749. The van der Waals surface area contributed by atoms with Crippen molar-refractivity contribution < 1.29 is 4.74 Å². The van der Waals surface area contributed by atoms with Crippen LogP contribution in [0, 0.1) is 12.3 Å². The fourth-order valence-electron chi connectivity index (χ4n) is 1.38. The maximum absolute atomic E-state index is 5.40. The second kappa shape index (κ2) is 3.17. The Morgan fingerprint density at radius 3 is 2.54 bits per heavy atom. The van der Waals surface area contributed by atoms with Crippen molar-refractivity contribution in [2.75, 3.05) is 6.61 Å². The molecule has 1 aliphatic rings. The highest BCUT2D eigenvalue weighted by Crippen LogP contribution is 2.41. The summed E-state index contributed by atoms with van der Waals surface area (Å²) in [4.78, 5) is 0. The number of ether oxygens (including phenoxy) is 1.